The molecule has 2 aromatic heterocycles. The number of fused-ring (bicyclic) bond motifs is 3. The lowest BCUT2D eigenvalue weighted by atomic mass is 10.3. The third kappa shape index (κ3) is 3.11. The highest BCUT2D eigenvalue weighted by atomic mass is 32.2. The summed E-state index contributed by atoms with van der Waals surface area (Å²) in [5.41, 5.74) is 0.816. The number of hydrogen-bond acceptors (Lipinski definition) is 5. The van der Waals surface area contributed by atoms with Gasteiger partial charge in [-0.05, 0) is 25.5 Å². The molecule has 0 bridgehead atoms. The molecule has 0 radical (unpaired) electrons. The first-order valence-corrected chi connectivity index (χ1v) is 7.88. The molecular formula is C14H13F3N4OS. The van der Waals surface area contributed by atoms with E-state index in [1.165, 1.54) is 11.8 Å². The molecule has 0 spiro atoms. The monoisotopic (exact) mass is 342 g/mol. The van der Waals surface area contributed by atoms with E-state index in [2.05, 4.69) is 15.2 Å². The predicted molar refractivity (Wildman–Crippen MR) is 80.3 cm³/mol. The Morgan fingerprint density at radius 1 is 1.26 bits per heavy atom. The molecule has 1 aromatic carbocycles. The van der Waals surface area contributed by atoms with E-state index in [1.807, 2.05) is 0 Å². The Morgan fingerprint density at radius 2 is 2.00 bits per heavy atom. The summed E-state index contributed by atoms with van der Waals surface area (Å²) in [5, 5.41) is 16.7. The number of hydrogen-bond donors (Lipinski definition) is 1. The summed E-state index contributed by atoms with van der Waals surface area (Å²) in [4.78, 5) is 4.39. The average molecular weight is 342 g/mol. The van der Waals surface area contributed by atoms with E-state index >= 15 is 0 Å². The zero-order chi connectivity index (χ0) is 16.6. The topological polar surface area (TPSA) is 63.3 Å². The molecule has 1 atom stereocenters. The molecule has 3 rings (SSSR count). The summed E-state index contributed by atoms with van der Waals surface area (Å²) in [5.74, 6) is -0.546. The molecule has 0 amide bonds. The van der Waals surface area contributed by atoms with Gasteiger partial charge < -0.3 is 5.11 Å². The van der Waals surface area contributed by atoms with Gasteiger partial charge in [0.15, 0.2) is 5.65 Å². The van der Waals surface area contributed by atoms with Crippen LogP contribution < -0.4 is 0 Å². The van der Waals surface area contributed by atoms with Crippen LogP contribution in [0.5, 0.6) is 0 Å². The lowest BCUT2D eigenvalue weighted by molar-refractivity contribution is -0.145. The van der Waals surface area contributed by atoms with Gasteiger partial charge in [-0.25, -0.2) is 4.98 Å². The number of aliphatic hydroxyl groups is 1. The van der Waals surface area contributed by atoms with Gasteiger partial charge in [-0.15, -0.1) is 22.0 Å². The van der Waals surface area contributed by atoms with Crippen molar-refractivity contribution in [3.8, 4) is 0 Å². The fourth-order valence-electron chi connectivity index (χ4n) is 2.16. The second kappa shape index (κ2) is 5.97. The summed E-state index contributed by atoms with van der Waals surface area (Å²) in [7, 11) is 0. The fourth-order valence-corrected chi connectivity index (χ4v) is 3.24. The molecule has 0 aliphatic rings. The van der Waals surface area contributed by atoms with Crippen molar-refractivity contribution >= 4 is 28.4 Å². The van der Waals surface area contributed by atoms with Crippen molar-refractivity contribution in [3.05, 3.63) is 30.1 Å². The van der Waals surface area contributed by atoms with Crippen LogP contribution in [0.15, 0.2) is 29.3 Å². The van der Waals surface area contributed by atoms with Crippen LogP contribution in [0.2, 0.25) is 0 Å². The number of aliphatic hydroxyl groups excluding tert-OH is 1. The third-order valence-corrected chi connectivity index (χ3v) is 4.21. The second-order valence-electron chi connectivity index (χ2n) is 5.07. The quantitative estimate of drug-likeness (QED) is 0.738. The first-order valence-electron chi connectivity index (χ1n) is 6.90. The zero-order valence-electron chi connectivity index (χ0n) is 12.1. The van der Waals surface area contributed by atoms with Crippen LogP contribution in [0.25, 0.3) is 16.7 Å². The van der Waals surface area contributed by atoms with Crippen molar-refractivity contribution in [1.29, 1.82) is 0 Å². The lowest BCUT2D eigenvalue weighted by Crippen LogP contribution is -2.11. The van der Waals surface area contributed by atoms with E-state index in [1.54, 1.807) is 31.2 Å². The molecule has 0 aliphatic carbocycles. The summed E-state index contributed by atoms with van der Waals surface area (Å²) in [6.45, 7) is 1.66. The standard InChI is InChI=1S/C14H13F3N4OS/c1-8(22)6-7-23-12-11-19-20-13(14(15,16)17)21(11)10-5-3-2-4-9(10)18-12/h2-5,8,22H,6-7H2,1H3. The zero-order valence-corrected chi connectivity index (χ0v) is 12.9. The van der Waals surface area contributed by atoms with Crippen LogP contribution in [0.3, 0.4) is 0 Å². The molecule has 3 aromatic rings. The van der Waals surface area contributed by atoms with Crippen LogP contribution in [0, 0.1) is 0 Å². The molecule has 0 saturated heterocycles. The Morgan fingerprint density at radius 3 is 2.70 bits per heavy atom. The maximum Gasteiger partial charge on any atom is 0.452 e. The molecule has 122 valence electrons. The summed E-state index contributed by atoms with van der Waals surface area (Å²) >= 11 is 1.26. The molecule has 1 N–H and O–H groups in total. The number of benzene rings is 1. The van der Waals surface area contributed by atoms with Crippen LogP contribution >= 0.6 is 11.8 Å². The second-order valence-corrected chi connectivity index (χ2v) is 6.16. The predicted octanol–water partition coefficient (Wildman–Crippen LogP) is 3.16. The summed E-state index contributed by atoms with van der Waals surface area (Å²) in [6.07, 6.45) is -4.58. The van der Waals surface area contributed by atoms with E-state index in [0.29, 0.717) is 28.2 Å². The average Bonchev–Trinajstić information content (AvgIpc) is 2.92. The smallest absolute Gasteiger partial charge is 0.393 e. The van der Waals surface area contributed by atoms with Gasteiger partial charge in [0.05, 0.1) is 17.1 Å². The summed E-state index contributed by atoms with van der Waals surface area (Å²) < 4.78 is 40.5. The van der Waals surface area contributed by atoms with Crippen molar-refractivity contribution in [1.82, 2.24) is 19.6 Å². The van der Waals surface area contributed by atoms with Crippen molar-refractivity contribution in [2.24, 2.45) is 0 Å². The first kappa shape index (κ1) is 16.0. The van der Waals surface area contributed by atoms with Gasteiger partial charge in [0.25, 0.3) is 0 Å². The van der Waals surface area contributed by atoms with Crippen molar-refractivity contribution < 1.29 is 18.3 Å². The van der Waals surface area contributed by atoms with E-state index < -0.39 is 18.1 Å². The molecular weight excluding hydrogens is 329 g/mol. The Kier molecular flexibility index (Phi) is 4.15. The number of aromatic nitrogens is 4. The van der Waals surface area contributed by atoms with Crippen LogP contribution in [0.4, 0.5) is 13.2 Å². The van der Waals surface area contributed by atoms with E-state index in [-0.39, 0.29) is 5.65 Å². The first-order chi connectivity index (χ1) is 10.9. The maximum absolute atomic E-state index is 13.2. The molecule has 1 unspecified atom stereocenters. The van der Waals surface area contributed by atoms with Crippen LogP contribution in [0.1, 0.15) is 19.2 Å². The van der Waals surface area contributed by atoms with Gasteiger partial charge >= 0.3 is 6.18 Å². The molecule has 0 fully saturated rings. The lowest BCUT2D eigenvalue weighted by Gasteiger charge is -2.10. The van der Waals surface area contributed by atoms with E-state index in [0.717, 1.165) is 4.40 Å². The normalized spacial score (nSPS) is 13.8. The van der Waals surface area contributed by atoms with Crippen LogP contribution in [-0.4, -0.2) is 36.5 Å². The van der Waals surface area contributed by atoms with Crippen LogP contribution in [-0.2, 0) is 6.18 Å². The largest absolute Gasteiger partial charge is 0.452 e. The van der Waals surface area contributed by atoms with Gasteiger partial charge in [-0.3, -0.25) is 4.40 Å². The third-order valence-electron chi connectivity index (χ3n) is 3.23. The molecule has 9 heteroatoms. The van der Waals surface area contributed by atoms with E-state index in [9.17, 15) is 18.3 Å². The minimum Gasteiger partial charge on any atom is -0.393 e. The molecule has 0 saturated carbocycles. The number of halogens is 3. The van der Waals surface area contributed by atoms with Crippen molar-refractivity contribution in [3.63, 3.8) is 0 Å². The number of para-hydroxylation sites is 2. The molecule has 0 aliphatic heterocycles. The SMILES string of the molecule is CC(O)CCSc1nc2ccccc2n2c(C(F)(F)F)nnc12. The Bertz CT molecular complexity index is 847. The van der Waals surface area contributed by atoms with Crippen molar-refractivity contribution in [2.45, 2.75) is 30.7 Å². The molecule has 23 heavy (non-hydrogen) atoms. The van der Waals surface area contributed by atoms with Gasteiger partial charge in [0.2, 0.25) is 5.82 Å². The number of alkyl halides is 3. The highest BCUT2D eigenvalue weighted by Gasteiger charge is 2.38. The van der Waals surface area contributed by atoms with Gasteiger partial charge in [-0.2, -0.15) is 13.2 Å². The summed E-state index contributed by atoms with van der Waals surface area (Å²) in [6, 6.07) is 6.55. The highest BCUT2D eigenvalue weighted by molar-refractivity contribution is 7.99. The molecule has 5 nitrogen and oxygen atoms in total. The fraction of sp³-hybridized carbons (Fsp3) is 0.357. The number of thioether (sulfide) groups is 1. The Labute approximate surface area is 133 Å². The van der Waals surface area contributed by atoms with Gasteiger partial charge in [0, 0.05) is 5.75 Å². The van der Waals surface area contributed by atoms with Gasteiger partial charge in [-0.1, -0.05) is 12.1 Å². The van der Waals surface area contributed by atoms with Gasteiger partial charge in [0.1, 0.15) is 5.03 Å². The molecule has 2 heterocycles. The van der Waals surface area contributed by atoms with E-state index in [4.69, 9.17) is 0 Å². The Hall–Kier alpha value is -1.87. The van der Waals surface area contributed by atoms with Crippen molar-refractivity contribution in [2.75, 3.05) is 5.75 Å². The highest BCUT2D eigenvalue weighted by Crippen LogP contribution is 2.32. The number of rotatable bonds is 4. The minimum atomic E-state index is -4.61. The Balaban J connectivity index is 2.18. The minimum absolute atomic E-state index is 0.0756. The maximum atomic E-state index is 13.2. The number of nitrogens with zero attached hydrogens (tertiary/aromatic N) is 4.